The molecule has 0 fully saturated rings. The highest BCUT2D eigenvalue weighted by Gasteiger charge is 2.44. The molecule has 1 amide bonds. The zero-order valence-electron chi connectivity index (χ0n) is 20.0. The topological polar surface area (TPSA) is 89.0 Å². The lowest BCUT2D eigenvalue weighted by Gasteiger charge is -2.26. The molecule has 4 rings (SSSR count). The number of rotatable bonds is 10. The minimum atomic E-state index is -0.767. The standard InChI is InChI=1S/C27H28N2O5S/c1-4-14-34-20-12-8-11-19(16-20)22-21(24(31)27(32)29(22)13-15-33-3)23(30)25-17(2)28-26(35-25)18-9-6-5-7-10-18/h5-12,16,22,31H,4,13-15H2,1-3H3. The minimum absolute atomic E-state index is 0.0464. The van der Waals surface area contributed by atoms with E-state index in [0.717, 1.165) is 12.0 Å². The van der Waals surface area contributed by atoms with Crippen LogP contribution in [-0.2, 0) is 9.53 Å². The highest BCUT2D eigenvalue weighted by atomic mass is 32.1. The lowest BCUT2D eigenvalue weighted by Crippen LogP contribution is -2.34. The summed E-state index contributed by atoms with van der Waals surface area (Å²) in [5.74, 6) is -0.898. The number of hydrogen-bond acceptors (Lipinski definition) is 7. The Kier molecular flexibility index (Phi) is 7.63. The second kappa shape index (κ2) is 10.8. The molecule has 0 bridgehead atoms. The molecule has 1 unspecified atom stereocenters. The summed E-state index contributed by atoms with van der Waals surface area (Å²) < 4.78 is 11.0. The molecule has 182 valence electrons. The Labute approximate surface area is 208 Å². The van der Waals surface area contributed by atoms with Crippen molar-refractivity contribution in [2.24, 2.45) is 0 Å². The summed E-state index contributed by atoms with van der Waals surface area (Å²) in [6, 6.07) is 16.1. The first-order valence-electron chi connectivity index (χ1n) is 11.5. The van der Waals surface area contributed by atoms with Gasteiger partial charge < -0.3 is 19.5 Å². The molecule has 0 aliphatic carbocycles. The SMILES string of the molecule is CCCOc1cccc(C2C(C(=O)c3sc(-c4ccccc4)nc3C)=C(O)C(=O)N2CCOC)c1. The van der Waals surface area contributed by atoms with Crippen LogP contribution in [0.15, 0.2) is 65.9 Å². The molecule has 0 radical (unpaired) electrons. The number of ether oxygens (including phenoxy) is 2. The second-order valence-corrected chi connectivity index (χ2v) is 9.20. The number of methoxy groups -OCH3 is 1. The van der Waals surface area contributed by atoms with Crippen molar-refractivity contribution in [3.63, 3.8) is 0 Å². The maximum Gasteiger partial charge on any atom is 0.290 e. The quantitative estimate of drug-likeness (QED) is 0.395. The van der Waals surface area contributed by atoms with E-state index < -0.39 is 23.5 Å². The maximum absolute atomic E-state index is 13.8. The van der Waals surface area contributed by atoms with Gasteiger partial charge in [0.15, 0.2) is 5.76 Å². The number of ketones is 1. The van der Waals surface area contributed by atoms with Crippen LogP contribution in [0.1, 0.15) is 40.3 Å². The van der Waals surface area contributed by atoms with Gasteiger partial charge in [0.2, 0.25) is 5.78 Å². The largest absolute Gasteiger partial charge is 0.503 e. The number of thiazole rings is 1. The van der Waals surface area contributed by atoms with Crippen LogP contribution in [0.5, 0.6) is 5.75 Å². The van der Waals surface area contributed by atoms with Crippen LogP contribution in [0.3, 0.4) is 0 Å². The first kappa shape index (κ1) is 24.6. The first-order chi connectivity index (χ1) is 17.0. The van der Waals surface area contributed by atoms with E-state index in [-0.39, 0.29) is 18.7 Å². The smallest absolute Gasteiger partial charge is 0.290 e. The monoisotopic (exact) mass is 492 g/mol. The molecule has 1 aliphatic heterocycles. The fourth-order valence-electron chi connectivity index (χ4n) is 4.08. The molecule has 2 heterocycles. The zero-order chi connectivity index (χ0) is 24.9. The van der Waals surface area contributed by atoms with Gasteiger partial charge in [-0.3, -0.25) is 9.59 Å². The Morgan fingerprint density at radius 2 is 1.91 bits per heavy atom. The number of aromatic nitrogens is 1. The molecule has 35 heavy (non-hydrogen) atoms. The van der Waals surface area contributed by atoms with E-state index in [1.807, 2.05) is 61.5 Å². The van der Waals surface area contributed by atoms with Crippen LogP contribution in [0.4, 0.5) is 0 Å². The third-order valence-electron chi connectivity index (χ3n) is 5.75. The van der Waals surface area contributed by atoms with E-state index in [1.165, 1.54) is 16.2 Å². The fraction of sp³-hybridized carbons (Fsp3) is 0.296. The Balaban J connectivity index is 1.76. The van der Waals surface area contributed by atoms with Crippen molar-refractivity contribution < 1.29 is 24.2 Å². The number of aliphatic hydroxyl groups excluding tert-OH is 1. The van der Waals surface area contributed by atoms with E-state index >= 15 is 0 Å². The van der Waals surface area contributed by atoms with Crippen molar-refractivity contribution in [2.45, 2.75) is 26.3 Å². The molecule has 2 aromatic carbocycles. The summed E-state index contributed by atoms with van der Waals surface area (Å²) in [5.41, 5.74) is 2.19. The average molecular weight is 493 g/mol. The number of carbonyl (C=O) groups is 2. The Morgan fingerprint density at radius 1 is 1.14 bits per heavy atom. The van der Waals surface area contributed by atoms with Gasteiger partial charge in [-0.2, -0.15) is 0 Å². The van der Waals surface area contributed by atoms with Gasteiger partial charge in [0, 0.05) is 19.2 Å². The minimum Gasteiger partial charge on any atom is -0.503 e. The Hall–Kier alpha value is -3.49. The van der Waals surface area contributed by atoms with Gasteiger partial charge in [0.05, 0.1) is 35.4 Å². The van der Waals surface area contributed by atoms with E-state index in [9.17, 15) is 14.7 Å². The summed E-state index contributed by atoms with van der Waals surface area (Å²) >= 11 is 1.26. The molecule has 1 atom stereocenters. The Bertz CT molecular complexity index is 1250. The number of nitrogens with zero attached hydrogens (tertiary/aromatic N) is 2. The average Bonchev–Trinajstić information content (AvgIpc) is 3.39. The number of Topliss-reactive ketones (excluding diaryl/α,β-unsaturated/α-hetero) is 1. The van der Waals surface area contributed by atoms with E-state index in [1.54, 1.807) is 14.0 Å². The molecular weight excluding hydrogens is 464 g/mol. The molecule has 0 saturated carbocycles. The second-order valence-electron chi connectivity index (χ2n) is 8.21. The number of aryl methyl sites for hydroxylation is 1. The maximum atomic E-state index is 13.8. The lowest BCUT2D eigenvalue weighted by molar-refractivity contribution is -0.130. The van der Waals surface area contributed by atoms with Gasteiger partial charge in [-0.25, -0.2) is 4.98 Å². The number of benzene rings is 2. The van der Waals surface area contributed by atoms with E-state index in [0.29, 0.717) is 33.5 Å². The summed E-state index contributed by atoms with van der Waals surface area (Å²) in [6.07, 6.45) is 0.852. The van der Waals surface area contributed by atoms with Crippen LogP contribution >= 0.6 is 11.3 Å². The van der Waals surface area contributed by atoms with Crippen LogP contribution in [0.25, 0.3) is 10.6 Å². The van der Waals surface area contributed by atoms with E-state index in [2.05, 4.69) is 4.98 Å². The molecule has 7 nitrogen and oxygen atoms in total. The van der Waals surface area contributed by atoms with Crippen molar-refractivity contribution in [1.29, 1.82) is 0 Å². The predicted octanol–water partition coefficient (Wildman–Crippen LogP) is 5.13. The number of carbonyl (C=O) groups excluding carboxylic acids is 2. The van der Waals surface area contributed by atoms with Gasteiger partial charge >= 0.3 is 0 Å². The summed E-state index contributed by atoms with van der Waals surface area (Å²) in [7, 11) is 1.54. The van der Waals surface area contributed by atoms with Crippen molar-refractivity contribution >= 4 is 23.0 Å². The fourth-order valence-corrected chi connectivity index (χ4v) is 5.11. The summed E-state index contributed by atoms with van der Waals surface area (Å²) in [4.78, 5) is 33.4. The number of amides is 1. The van der Waals surface area contributed by atoms with Gasteiger partial charge in [0.1, 0.15) is 10.8 Å². The normalized spacial score (nSPS) is 15.7. The highest BCUT2D eigenvalue weighted by molar-refractivity contribution is 7.17. The number of hydrogen-bond donors (Lipinski definition) is 1. The molecule has 0 spiro atoms. The summed E-state index contributed by atoms with van der Waals surface area (Å²) in [5, 5.41) is 11.6. The molecule has 1 N–H and O–H groups in total. The zero-order valence-corrected chi connectivity index (χ0v) is 20.8. The number of aliphatic hydroxyl groups is 1. The third kappa shape index (κ3) is 4.99. The molecule has 1 aliphatic rings. The van der Waals surface area contributed by atoms with Crippen LogP contribution in [-0.4, -0.2) is 53.5 Å². The molecule has 8 heteroatoms. The van der Waals surface area contributed by atoms with E-state index in [4.69, 9.17) is 9.47 Å². The molecular formula is C27H28N2O5S. The van der Waals surface area contributed by atoms with Gasteiger partial charge in [-0.1, -0.05) is 49.4 Å². The molecule has 1 aromatic heterocycles. The molecule has 0 saturated heterocycles. The van der Waals surface area contributed by atoms with Crippen molar-refractivity contribution in [2.75, 3.05) is 26.9 Å². The highest BCUT2D eigenvalue weighted by Crippen LogP contribution is 2.41. The Morgan fingerprint density at radius 3 is 2.63 bits per heavy atom. The van der Waals surface area contributed by atoms with Crippen molar-refractivity contribution in [3.05, 3.63) is 82.1 Å². The van der Waals surface area contributed by atoms with Crippen LogP contribution < -0.4 is 4.74 Å². The van der Waals surface area contributed by atoms with Gasteiger partial charge in [0.25, 0.3) is 5.91 Å². The lowest BCUT2D eigenvalue weighted by atomic mass is 9.95. The third-order valence-corrected chi connectivity index (χ3v) is 6.96. The predicted molar refractivity (Wildman–Crippen MR) is 135 cm³/mol. The van der Waals surface area contributed by atoms with Crippen molar-refractivity contribution in [3.8, 4) is 16.3 Å². The molecule has 3 aromatic rings. The van der Waals surface area contributed by atoms with Gasteiger partial charge in [-0.15, -0.1) is 11.3 Å². The van der Waals surface area contributed by atoms with Crippen LogP contribution in [0.2, 0.25) is 0 Å². The first-order valence-corrected chi connectivity index (χ1v) is 12.3. The summed E-state index contributed by atoms with van der Waals surface area (Å²) in [6.45, 7) is 4.82. The van der Waals surface area contributed by atoms with Gasteiger partial charge in [-0.05, 0) is 31.0 Å². The van der Waals surface area contributed by atoms with Crippen LogP contribution in [0, 0.1) is 6.92 Å². The van der Waals surface area contributed by atoms with Crippen molar-refractivity contribution in [1.82, 2.24) is 9.88 Å².